The first-order chi connectivity index (χ1) is 10.8. The monoisotopic (exact) mass is 301 g/mol. The van der Waals surface area contributed by atoms with E-state index in [0.29, 0.717) is 0 Å². The molecular weight excluding hydrogens is 274 g/mol. The van der Waals surface area contributed by atoms with Gasteiger partial charge in [-0.3, -0.25) is 0 Å². The van der Waals surface area contributed by atoms with E-state index in [9.17, 15) is 0 Å². The number of nitrogens with one attached hydrogen (secondary N) is 1. The summed E-state index contributed by atoms with van der Waals surface area (Å²) in [6.45, 7) is 8.95. The van der Waals surface area contributed by atoms with Crippen molar-refractivity contribution in [1.82, 2.24) is 14.8 Å². The van der Waals surface area contributed by atoms with E-state index in [1.807, 2.05) is 0 Å². The first-order valence-electron chi connectivity index (χ1n) is 8.40. The number of nitrogens with zero attached hydrogens (tertiary/aromatic N) is 2. The van der Waals surface area contributed by atoms with Gasteiger partial charge in [-0.25, -0.2) is 0 Å². The lowest BCUT2D eigenvalue weighted by Crippen LogP contribution is -2.44. The van der Waals surface area contributed by atoms with Crippen LogP contribution in [0.1, 0.15) is 17.5 Å². The first-order valence-corrected chi connectivity index (χ1v) is 8.40. The maximum atomic E-state index is 9.11. The number of hydrogen-bond donors (Lipinski definition) is 2. The molecule has 1 fully saturated rings. The number of benzene rings is 1. The van der Waals surface area contributed by atoms with Crippen LogP contribution in [0.15, 0.2) is 24.4 Å². The second kappa shape index (κ2) is 7.27. The quantitative estimate of drug-likeness (QED) is 0.854. The lowest BCUT2D eigenvalue weighted by Gasteiger charge is -2.26. The molecule has 2 heterocycles. The molecule has 1 aromatic heterocycles. The minimum Gasteiger partial charge on any atom is -0.396 e. The van der Waals surface area contributed by atoms with Crippen molar-refractivity contribution in [1.29, 1.82) is 0 Å². The fraction of sp³-hybridized carbons (Fsp3) is 0.556. The van der Waals surface area contributed by atoms with Gasteiger partial charge in [-0.15, -0.1) is 0 Å². The van der Waals surface area contributed by atoms with Crippen LogP contribution in [0.5, 0.6) is 0 Å². The van der Waals surface area contributed by atoms with Crippen molar-refractivity contribution in [3.63, 3.8) is 0 Å². The van der Waals surface area contributed by atoms with Crippen LogP contribution in [0.3, 0.4) is 0 Å². The van der Waals surface area contributed by atoms with Crippen molar-refractivity contribution in [3.8, 4) is 0 Å². The van der Waals surface area contributed by atoms with Gasteiger partial charge in [0.1, 0.15) is 0 Å². The van der Waals surface area contributed by atoms with Crippen LogP contribution < -0.4 is 5.32 Å². The van der Waals surface area contributed by atoms with Crippen molar-refractivity contribution in [2.45, 2.75) is 26.3 Å². The molecule has 1 aliphatic heterocycles. The molecule has 2 aromatic rings. The van der Waals surface area contributed by atoms with Crippen LogP contribution in [-0.2, 0) is 13.0 Å². The van der Waals surface area contributed by atoms with E-state index in [1.54, 1.807) is 0 Å². The van der Waals surface area contributed by atoms with Crippen LogP contribution in [-0.4, -0.2) is 53.9 Å². The van der Waals surface area contributed by atoms with Gasteiger partial charge < -0.3 is 19.9 Å². The molecule has 2 N–H and O–H groups in total. The van der Waals surface area contributed by atoms with Gasteiger partial charge in [0.05, 0.1) is 0 Å². The number of aromatic nitrogens is 1. The Balaban J connectivity index is 1.78. The Morgan fingerprint density at radius 3 is 2.77 bits per heavy atom. The molecule has 1 saturated heterocycles. The molecule has 4 heteroatoms. The molecular formula is C18H27N3O. The molecule has 3 rings (SSSR count). The number of rotatable bonds is 6. The number of aliphatic hydroxyl groups is 1. The molecule has 1 aromatic carbocycles. The average molecular weight is 301 g/mol. The molecule has 0 unspecified atom stereocenters. The van der Waals surface area contributed by atoms with Gasteiger partial charge in [0.25, 0.3) is 0 Å². The van der Waals surface area contributed by atoms with Crippen LogP contribution in [0.25, 0.3) is 10.9 Å². The predicted molar refractivity (Wildman–Crippen MR) is 91.4 cm³/mol. The molecule has 0 aliphatic carbocycles. The zero-order chi connectivity index (χ0) is 15.4. The highest BCUT2D eigenvalue weighted by Crippen LogP contribution is 2.24. The van der Waals surface area contributed by atoms with E-state index in [-0.39, 0.29) is 6.61 Å². The van der Waals surface area contributed by atoms with Gasteiger partial charge in [0.15, 0.2) is 0 Å². The molecule has 4 nitrogen and oxygen atoms in total. The summed E-state index contributed by atoms with van der Waals surface area (Å²) in [7, 11) is 0. The maximum absolute atomic E-state index is 9.11. The van der Waals surface area contributed by atoms with Crippen LogP contribution in [0.4, 0.5) is 0 Å². The standard InChI is InChI=1S/C18H27N3O/c1-15-3-4-17-16(5-9-20-10-6-19-7-11-20)14-21(8-2-12-22)18(17)13-15/h3-4,13-14,19,22H,2,5-12H2,1H3. The van der Waals surface area contributed by atoms with E-state index in [1.165, 1.54) is 22.0 Å². The lowest BCUT2D eigenvalue weighted by molar-refractivity contribution is 0.244. The average Bonchev–Trinajstić information content (AvgIpc) is 2.89. The van der Waals surface area contributed by atoms with Gasteiger partial charge in [-0.05, 0) is 37.0 Å². The molecule has 0 saturated carbocycles. The molecule has 1 aliphatic rings. The smallest absolute Gasteiger partial charge is 0.0485 e. The van der Waals surface area contributed by atoms with Gasteiger partial charge in [-0.1, -0.05) is 12.1 Å². The summed E-state index contributed by atoms with van der Waals surface area (Å²) in [5.41, 5.74) is 4.04. The van der Waals surface area contributed by atoms with Gasteiger partial charge in [0.2, 0.25) is 0 Å². The third-order valence-electron chi connectivity index (χ3n) is 4.58. The summed E-state index contributed by atoms with van der Waals surface area (Å²) >= 11 is 0. The number of piperazine rings is 1. The second-order valence-electron chi connectivity index (χ2n) is 6.29. The Morgan fingerprint density at radius 2 is 2.00 bits per heavy atom. The Hall–Kier alpha value is -1.36. The molecule has 0 amide bonds. The van der Waals surface area contributed by atoms with Crippen molar-refractivity contribution >= 4 is 10.9 Å². The normalized spacial score (nSPS) is 16.5. The van der Waals surface area contributed by atoms with Crippen LogP contribution in [0, 0.1) is 6.92 Å². The number of aliphatic hydroxyl groups excluding tert-OH is 1. The third kappa shape index (κ3) is 3.51. The first kappa shape index (κ1) is 15.5. The minimum atomic E-state index is 0.252. The van der Waals surface area contributed by atoms with Crippen molar-refractivity contribution in [3.05, 3.63) is 35.5 Å². The number of hydrogen-bond acceptors (Lipinski definition) is 3. The Morgan fingerprint density at radius 1 is 1.18 bits per heavy atom. The molecule has 22 heavy (non-hydrogen) atoms. The minimum absolute atomic E-state index is 0.252. The Kier molecular flexibility index (Phi) is 5.13. The maximum Gasteiger partial charge on any atom is 0.0485 e. The van der Waals surface area contributed by atoms with Crippen molar-refractivity contribution in [2.75, 3.05) is 39.3 Å². The fourth-order valence-electron chi connectivity index (χ4n) is 3.32. The zero-order valence-corrected chi connectivity index (χ0v) is 13.5. The predicted octanol–water partition coefficient (Wildman–Crippen LogP) is 1.78. The van der Waals surface area contributed by atoms with Crippen molar-refractivity contribution < 1.29 is 5.11 Å². The number of aryl methyl sites for hydroxylation is 2. The highest BCUT2D eigenvalue weighted by molar-refractivity contribution is 5.84. The summed E-state index contributed by atoms with van der Waals surface area (Å²) in [6, 6.07) is 6.72. The highest BCUT2D eigenvalue weighted by atomic mass is 16.3. The Bertz CT molecular complexity index is 614. The molecule has 0 radical (unpaired) electrons. The lowest BCUT2D eigenvalue weighted by atomic mass is 10.1. The second-order valence-corrected chi connectivity index (χ2v) is 6.29. The molecule has 0 spiro atoms. The summed E-state index contributed by atoms with van der Waals surface area (Å²) in [4.78, 5) is 2.54. The fourth-order valence-corrected chi connectivity index (χ4v) is 3.32. The molecule has 0 bridgehead atoms. The van der Waals surface area contributed by atoms with E-state index >= 15 is 0 Å². The zero-order valence-electron chi connectivity index (χ0n) is 13.5. The van der Waals surface area contributed by atoms with Crippen molar-refractivity contribution in [2.24, 2.45) is 0 Å². The summed E-state index contributed by atoms with van der Waals surface area (Å²) < 4.78 is 2.31. The molecule has 120 valence electrons. The van der Waals surface area contributed by atoms with Crippen LogP contribution >= 0.6 is 0 Å². The summed E-state index contributed by atoms with van der Waals surface area (Å²) in [5, 5.41) is 13.9. The van der Waals surface area contributed by atoms with Crippen LogP contribution in [0.2, 0.25) is 0 Å². The largest absolute Gasteiger partial charge is 0.396 e. The highest BCUT2D eigenvalue weighted by Gasteiger charge is 2.12. The SMILES string of the molecule is Cc1ccc2c(CCN3CCNCC3)cn(CCCO)c2c1. The topological polar surface area (TPSA) is 40.4 Å². The summed E-state index contributed by atoms with van der Waals surface area (Å²) in [5.74, 6) is 0. The van der Waals surface area contributed by atoms with Gasteiger partial charge >= 0.3 is 0 Å². The number of fused-ring (bicyclic) bond motifs is 1. The van der Waals surface area contributed by atoms with E-state index in [4.69, 9.17) is 5.11 Å². The summed E-state index contributed by atoms with van der Waals surface area (Å²) in [6.07, 6.45) is 4.21. The van der Waals surface area contributed by atoms with Gasteiger partial charge in [-0.2, -0.15) is 0 Å². The Labute approximate surface area is 132 Å². The molecule has 0 atom stereocenters. The van der Waals surface area contributed by atoms with E-state index in [0.717, 1.165) is 52.1 Å². The van der Waals surface area contributed by atoms with Gasteiger partial charge in [0, 0.05) is 63.0 Å². The third-order valence-corrected chi connectivity index (χ3v) is 4.58. The van der Waals surface area contributed by atoms with E-state index < -0.39 is 0 Å². The van der Waals surface area contributed by atoms with E-state index in [2.05, 4.69) is 46.1 Å².